The third-order valence-corrected chi connectivity index (χ3v) is 4.99. The van der Waals surface area contributed by atoms with Gasteiger partial charge in [-0.15, -0.1) is 10.2 Å². The van der Waals surface area contributed by atoms with Crippen molar-refractivity contribution in [1.29, 1.82) is 0 Å². The molecule has 0 aliphatic carbocycles. The normalized spacial score (nSPS) is 16.6. The minimum absolute atomic E-state index is 0.148. The van der Waals surface area contributed by atoms with Crippen molar-refractivity contribution in [2.24, 2.45) is 7.05 Å². The molecule has 4 aromatic rings. The topological polar surface area (TPSA) is 68.5 Å². The Labute approximate surface area is 158 Å². The third kappa shape index (κ3) is 2.77. The molecule has 5 rings (SSSR count). The molecule has 3 heterocycles. The minimum atomic E-state index is -0.504. The highest BCUT2D eigenvalue weighted by Crippen LogP contribution is 2.30. The van der Waals surface area contributed by atoms with E-state index in [1.165, 1.54) is 10.9 Å². The van der Waals surface area contributed by atoms with Crippen LogP contribution in [0.4, 0.5) is 8.78 Å². The quantitative estimate of drug-likeness (QED) is 0.579. The molecule has 1 atom stereocenters. The molecule has 0 amide bonds. The highest BCUT2D eigenvalue weighted by atomic mass is 19.1. The standard InChI is InChI=1S/C20H16F2N6/c1-28-26-19-9-13(7-16(22)20(19)27-28)17-10-14-15(21)6-12(8-18(14)25-24-17)11-2-4-23-5-3-11/h2,4,6-11,23H,3,5H2,1H3. The molecule has 1 unspecified atom stereocenters. The molecule has 28 heavy (non-hydrogen) atoms. The fourth-order valence-corrected chi connectivity index (χ4v) is 3.59. The largest absolute Gasteiger partial charge is 0.391 e. The zero-order valence-corrected chi connectivity index (χ0v) is 15.0. The number of halogens is 2. The number of aromatic nitrogens is 5. The summed E-state index contributed by atoms with van der Waals surface area (Å²) in [6, 6.07) is 7.99. The van der Waals surface area contributed by atoms with Crippen LogP contribution in [0.2, 0.25) is 0 Å². The number of hydrogen-bond donors (Lipinski definition) is 1. The maximum absolute atomic E-state index is 14.8. The molecule has 0 spiro atoms. The molecule has 6 nitrogen and oxygen atoms in total. The van der Waals surface area contributed by atoms with Crippen molar-refractivity contribution in [3.8, 4) is 11.3 Å². The molecule has 2 aromatic heterocycles. The Balaban J connectivity index is 1.61. The summed E-state index contributed by atoms with van der Waals surface area (Å²) in [7, 11) is 1.62. The van der Waals surface area contributed by atoms with Crippen molar-refractivity contribution in [2.75, 3.05) is 6.54 Å². The van der Waals surface area contributed by atoms with Crippen molar-refractivity contribution in [3.05, 3.63) is 59.8 Å². The fourth-order valence-electron chi connectivity index (χ4n) is 3.59. The lowest BCUT2D eigenvalue weighted by Gasteiger charge is -2.18. The highest BCUT2D eigenvalue weighted by Gasteiger charge is 2.16. The van der Waals surface area contributed by atoms with Gasteiger partial charge in [-0.2, -0.15) is 15.0 Å². The van der Waals surface area contributed by atoms with Gasteiger partial charge >= 0.3 is 0 Å². The molecule has 0 saturated heterocycles. The molecule has 0 bridgehead atoms. The molecule has 2 aromatic carbocycles. The second-order valence-electron chi connectivity index (χ2n) is 6.89. The van der Waals surface area contributed by atoms with Crippen LogP contribution in [0, 0.1) is 11.6 Å². The van der Waals surface area contributed by atoms with Crippen LogP contribution in [0.5, 0.6) is 0 Å². The molecule has 1 N–H and O–H groups in total. The fraction of sp³-hybridized carbons (Fsp3) is 0.200. The second kappa shape index (κ2) is 6.33. The number of benzene rings is 2. The van der Waals surface area contributed by atoms with E-state index in [0.29, 0.717) is 27.7 Å². The summed E-state index contributed by atoms with van der Waals surface area (Å²) < 4.78 is 29.2. The number of aryl methyl sites for hydroxylation is 1. The zero-order chi connectivity index (χ0) is 19.3. The van der Waals surface area contributed by atoms with Crippen LogP contribution >= 0.6 is 0 Å². The molecule has 1 aliphatic heterocycles. The van der Waals surface area contributed by atoms with E-state index < -0.39 is 5.82 Å². The summed E-state index contributed by atoms with van der Waals surface area (Å²) in [6.07, 6.45) is 4.80. The summed E-state index contributed by atoms with van der Waals surface area (Å²) in [5.41, 5.74) is 2.80. The van der Waals surface area contributed by atoms with E-state index >= 15 is 0 Å². The summed E-state index contributed by atoms with van der Waals surface area (Å²) in [5.74, 6) is -0.720. The summed E-state index contributed by atoms with van der Waals surface area (Å²) in [6.45, 7) is 0.849. The van der Waals surface area contributed by atoms with Gasteiger partial charge in [0.15, 0.2) is 5.82 Å². The van der Waals surface area contributed by atoms with Crippen LogP contribution in [-0.2, 0) is 7.05 Å². The number of fused-ring (bicyclic) bond motifs is 2. The van der Waals surface area contributed by atoms with Gasteiger partial charge in [0.05, 0.1) is 11.2 Å². The van der Waals surface area contributed by atoms with Crippen molar-refractivity contribution >= 4 is 21.9 Å². The van der Waals surface area contributed by atoms with Crippen molar-refractivity contribution in [2.45, 2.75) is 12.3 Å². The predicted octanol–water partition coefficient (Wildman–Crippen LogP) is 3.45. The first kappa shape index (κ1) is 16.7. The van der Waals surface area contributed by atoms with Crippen LogP contribution in [0.25, 0.3) is 33.2 Å². The lowest BCUT2D eigenvalue weighted by molar-refractivity contribution is 0.624. The van der Waals surface area contributed by atoms with Crippen LogP contribution in [0.3, 0.4) is 0 Å². The van der Waals surface area contributed by atoms with Crippen molar-refractivity contribution < 1.29 is 8.78 Å². The summed E-state index contributed by atoms with van der Waals surface area (Å²) >= 11 is 0. The molecular formula is C20H16F2N6. The lowest BCUT2D eigenvalue weighted by Crippen LogP contribution is -2.16. The maximum atomic E-state index is 14.8. The SMILES string of the molecule is Cn1nc2cc(-c3cc4c(F)cc(C5C=CNCC5)cc4nn3)cc(F)c2n1. The van der Waals surface area contributed by atoms with E-state index in [0.717, 1.165) is 18.5 Å². The summed E-state index contributed by atoms with van der Waals surface area (Å²) in [4.78, 5) is 1.31. The number of rotatable bonds is 2. The molecule has 1 aliphatic rings. The first-order valence-electron chi connectivity index (χ1n) is 8.96. The number of allylic oxidation sites excluding steroid dienone is 1. The Morgan fingerprint density at radius 1 is 1.00 bits per heavy atom. The Morgan fingerprint density at radius 3 is 2.71 bits per heavy atom. The Hall–Kier alpha value is -3.42. The minimum Gasteiger partial charge on any atom is -0.391 e. The van der Waals surface area contributed by atoms with Gasteiger partial charge in [0.25, 0.3) is 0 Å². The second-order valence-corrected chi connectivity index (χ2v) is 6.89. The van der Waals surface area contributed by atoms with Crippen molar-refractivity contribution in [1.82, 2.24) is 30.5 Å². The molecule has 0 fully saturated rings. The van der Waals surface area contributed by atoms with E-state index in [4.69, 9.17) is 0 Å². The smallest absolute Gasteiger partial charge is 0.153 e. The summed E-state index contributed by atoms with van der Waals surface area (Å²) in [5, 5.41) is 20.0. The van der Waals surface area contributed by atoms with Crippen LogP contribution in [-0.4, -0.2) is 31.7 Å². The Kier molecular flexibility index (Phi) is 3.78. The van der Waals surface area contributed by atoms with E-state index in [1.54, 1.807) is 25.2 Å². The highest BCUT2D eigenvalue weighted by molar-refractivity contribution is 5.86. The first-order chi connectivity index (χ1) is 13.6. The zero-order valence-electron chi connectivity index (χ0n) is 15.0. The van der Waals surface area contributed by atoms with Gasteiger partial charge < -0.3 is 5.32 Å². The van der Waals surface area contributed by atoms with Crippen molar-refractivity contribution in [3.63, 3.8) is 0 Å². The first-order valence-corrected chi connectivity index (χ1v) is 8.96. The third-order valence-electron chi connectivity index (χ3n) is 4.99. The van der Waals surface area contributed by atoms with E-state index in [1.807, 2.05) is 18.3 Å². The predicted molar refractivity (Wildman–Crippen MR) is 101 cm³/mol. The van der Waals surface area contributed by atoms with Crippen LogP contribution < -0.4 is 5.32 Å². The van der Waals surface area contributed by atoms with Crippen LogP contribution in [0.15, 0.2) is 42.6 Å². The lowest BCUT2D eigenvalue weighted by atomic mass is 9.93. The van der Waals surface area contributed by atoms with Gasteiger partial charge in [0, 0.05) is 30.5 Å². The van der Waals surface area contributed by atoms with Gasteiger partial charge in [-0.05, 0) is 48.5 Å². The molecule has 140 valence electrons. The van der Waals surface area contributed by atoms with Gasteiger partial charge in [-0.25, -0.2) is 8.78 Å². The van der Waals surface area contributed by atoms with Gasteiger partial charge in [0.2, 0.25) is 0 Å². The van der Waals surface area contributed by atoms with E-state index in [9.17, 15) is 8.78 Å². The Morgan fingerprint density at radius 2 is 1.89 bits per heavy atom. The average Bonchev–Trinajstić information content (AvgIpc) is 3.09. The number of hydrogen-bond acceptors (Lipinski definition) is 5. The van der Waals surface area contributed by atoms with Crippen LogP contribution in [0.1, 0.15) is 17.9 Å². The molecule has 8 heteroatoms. The maximum Gasteiger partial charge on any atom is 0.153 e. The number of nitrogens with one attached hydrogen (secondary N) is 1. The van der Waals surface area contributed by atoms with Gasteiger partial charge in [-0.1, -0.05) is 6.08 Å². The average molecular weight is 378 g/mol. The van der Waals surface area contributed by atoms with E-state index in [-0.39, 0.29) is 17.3 Å². The van der Waals surface area contributed by atoms with Gasteiger partial charge in [-0.3, -0.25) is 0 Å². The van der Waals surface area contributed by atoms with E-state index in [2.05, 4.69) is 25.7 Å². The monoisotopic (exact) mass is 378 g/mol. The molecular weight excluding hydrogens is 362 g/mol. The Bertz CT molecular complexity index is 1250. The van der Waals surface area contributed by atoms with Gasteiger partial charge in [0.1, 0.15) is 16.9 Å². The number of nitrogens with zero attached hydrogens (tertiary/aromatic N) is 5. The molecule has 0 radical (unpaired) electrons. The molecule has 0 saturated carbocycles.